The number of halogens is 1. The molecule has 2 rings (SSSR count). The Morgan fingerprint density at radius 3 is 2.57 bits per heavy atom. The third-order valence-electron chi connectivity index (χ3n) is 3.32. The Morgan fingerprint density at radius 2 is 2.05 bits per heavy atom. The molecule has 114 valence electrons. The number of nitrogens with zero attached hydrogens (tertiary/aromatic N) is 1. The van der Waals surface area contributed by atoms with E-state index in [1.165, 1.54) is 14.2 Å². The van der Waals surface area contributed by atoms with E-state index < -0.39 is 17.8 Å². The molecule has 0 aliphatic rings. The fourth-order valence-corrected chi connectivity index (χ4v) is 2.26. The zero-order valence-corrected chi connectivity index (χ0v) is 11.9. The summed E-state index contributed by atoms with van der Waals surface area (Å²) in [5.41, 5.74) is 6.63. The Bertz CT molecular complexity index is 699. The van der Waals surface area contributed by atoms with Crippen LogP contribution in [0.1, 0.15) is 11.3 Å². The van der Waals surface area contributed by atoms with E-state index in [-0.39, 0.29) is 17.9 Å². The number of aryl methyl sites for hydroxylation is 1. The molecule has 0 saturated carbocycles. The van der Waals surface area contributed by atoms with Crippen molar-refractivity contribution in [2.75, 3.05) is 14.2 Å². The molecule has 0 bridgehead atoms. The van der Waals surface area contributed by atoms with Crippen molar-refractivity contribution >= 4 is 16.9 Å². The number of hydrogen-bond donors (Lipinski definition) is 3. The van der Waals surface area contributed by atoms with E-state index in [9.17, 15) is 9.18 Å². The van der Waals surface area contributed by atoms with Gasteiger partial charge in [0.2, 0.25) is 0 Å². The van der Waals surface area contributed by atoms with Gasteiger partial charge in [-0.15, -0.1) is 0 Å². The van der Waals surface area contributed by atoms with E-state index in [2.05, 4.69) is 10.2 Å². The van der Waals surface area contributed by atoms with Crippen LogP contribution in [-0.2, 0) is 11.2 Å². The van der Waals surface area contributed by atoms with Crippen molar-refractivity contribution in [1.29, 1.82) is 0 Å². The highest BCUT2D eigenvalue weighted by Gasteiger charge is 2.25. The monoisotopic (exact) mass is 297 g/mol. The molecule has 8 heteroatoms. The zero-order valence-electron chi connectivity index (χ0n) is 11.9. The molecule has 0 spiro atoms. The first-order chi connectivity index (χ1) is 9.92. The summed E-state index contributed by atoms with van der Waals surface area (Å²) < 4.78 is 24.5. The van der Waals surface area contributed by atoms with Crippen LogP contribution in [0.5, 0.6) is 11.5 Å². The quantitative estimate of drug-likeness (QED) is 0.759. The van der Waals surface area contributed by atoms with Crippen LogP contribution in [0.4, 0.5) is 4.39 Å². The van der Waals surface area contributed by atoms with Gasteiger partial charge in [-0.05, 0) is 6.92 Å². The zero-order chi connectivity index (χ0) is 15.7. The van der Waals surface area contributed by atoms with Crippen molar-refractivity contribution in [3.8, 4) is 11.5 Å². The number of ether oxygens (including phenoxy) is 2. The highest BCUT2D eigenvalue weighted by molar-refractivity contribution is 5.93. The molecule has 0 saturated heterocycles. The summed E-state index contributed by atoms with van der Waals surface area (Å²) in [6.45, 7) is 1.56. The minimum absolute atomic E-state index is 0.00158. The number of nitrogens with one attached hydrogen (secondary N) is 1. The van der Waals surface area contributed by atoms with Gasteiger partial charge in [0.25, 0.3) is 0 Å². The lowest BCUT2D eigenvalue weighted by Gasteiger charge is -2.12. The lowest BCUT2D eigenvalue weighted by molar-refractivity contribution is -0.138. The number of H-pyrrole nitrogens is 1. The first-order valence-electron chi connectivity index (χ1n) is 6.17. The topological polar surface area (TPSA) is 110 Å². The second-order valence-corrected chi connectivity index (χ2v) is 4.58. The summed E-state index contributed by atoms with van der Waals surface area (Å²) in [7, 11) is 2.71. The van der Waals surface area contributed by atoms with Crippen molar-refractivity contribution in [2.24, 2.45) is 5.73 Å². The minimum Gasteiger partial charge on any atom is -0.491 e. The number of aromatic nitrogens is 2. The maximum atomic E-state index is 14.3. The number of rotatable bonds is 5. The van der Waals surface area contributed by atoms with Gasteiger partial charge in [-0.25, -0.2) is 4.39 Å². The van der Waals surface area contributed by atoms with Gasteiger partial charge in [0.1, 0.15) is 11.6 Å². The second-order valence-electron chi connectivity index (χ2n) is 4.58. The van der Waals surface area contributed by atoms with E-state index in [1.54, 1.807) is 6.92 Å². The smallest absolute Gasteiger partial charge is 0.320 e. The molecule has 0 amide bonds. The number of nitrogens with two attached hydrogens (primary N) is 1. The number of aliphatic carboxylic acids is 1. The van der Waals surface area contributed by atoms with Crippen LogP contribution in [0.2, 0.25) is 0 Å². The van der Waals surface area contributed by atoms with Gasteiger partial charge in [0, 0.05) is 23.1 Å². The van der Waals surface area contributed by atoms with Gasteiger partial charge in [0.05, 0.1) is 14.2 Å². The van der Waals surface area contributed by atoms with E-state index in [0.29, 0.717) is 22.2 Å². The maximum Gasteiger partial charge on any atom is 0.320 e. The molecule has 0 aliphatic carbocycles. The SMILES string of the molecule is COc1c(F)c(C)c2c(CC(N)C(=O)O)[nH]nc2c1OC. The molecule has 4 N–H and O–H groups in total. The van der Waals surface area contributed by atoms with Gasteiger partial charge in [0.15, 0.2) is 17.3 Å². The fourth-order valence-electron chi connectivity index (χ4n) is 2.26. The van der Waals surface area contributed by atoms with Gasteiger partial charge in [-0.1, -0.05) is 0 Å². The van der Waals surface area contributed by atoms with Crippen molar-refractivity contribution in [1.82, 2.24) is 10.2 Å². The molecular formula is C13H16FN3O4. The summed E-state index contributed by atoms with van der Waals surface area (Å²) in [6, 6.07) is -1.11. The predicted molar refractivity (Wildman–Crippen MR) is 73.2 cm³/mol. The number of methoxy groups -OCH3 is 2. The predicted octanol–water partition coefficient (Wildman–Crippen LogP) is 0.982. The molecule has 1 atom stereocenters. The Kier molecular flexibility index (Phi) is 3.99. The average molecular weight is 297 g/mol. The molecule has 0 radical (unpaired) electrons. The number of benzene rings is 1. The normalized spacial score (nSPS) is 12.4. The molecule has 21 heavy (non-hydrogen) atoms. The van der Waals surface area contributed by atoms with Gasteiger partial charge < -0.3 is 20.3 Å². The summed E-state index contributed by atoms with van der Waals surface area (Å²) in [5.74, 6) is -1.60. The number of carboxylic acids is 1. The van der Waals surface area contributed by atoms with Crippen LogP contribution >= 0.6 is 0 Å². The van der Waals surface area contributed by atoms with Crippen molar-refractivity contribution < 1.29 is 23.8 Å². The highest BCUT2D eigenvalue weighted by atomic mass is 19.1. The number of carbonyl (C=O) groups is 1. The van der Waals surface area contributed by atoms with Crippen molar-refractivity contribution in [2.45, 2.75) is 19.4 Å². The highest BCUT2D eigenvalue weighted by Crippen LogP contribution is 2.40. The van der Waals surface area contributed by atoms with E-state index >= 15 is 0 Å². The summed E-state index contributed by atoms with van der Waals surface area (Å²) >= 11 is 0. The Hall–Kier alpha value is -2.35. The Balaban J connectivity index is 2.67. The number of fused-ring (bicyclic) bond motifs is 1. The van der Waals surface area contributed by atoms with Gasteiger partial charge in [-0.3, -0.25) is 9.89 Å². The number of carboxylic acid groups (broad SMARTS) is 1. The summed E-state index contributed by atoms with van der Waals surface area (Å²) in [6.07, 6.45) is 0.00158. The third-order valence-corrected chi connectivity index (χ3v) is 3.32. The van der Waals surface area contributed by atoms with Crippen LogP contribution < -0.4 is 15.2 Å². The first-order valence-corrected chi connectivity index (χ1v) is 6.17. The molecule has 1 unspecified atom stereocenters. The largest absolute Gasteiger partial charge is 0.491 e. The summed E-state index contributed by atoms with van der Waals surface area (Å²) in [4.78, 5) is 10.9. The third kappa shape index (κ3) is 2.38. The van der Waals surface area contributed by atoms with Crippen LogP contribution in [0.15, 0.2) is 0 Å². The molecule has 1 heterocycles. The van der Waals surface area contributed by atoms with Crippen LogP contribution in [-0.4, -0.2) is 41.5 Å². The van der Waals surface area contributed by atoms with Crippen molar-refractivity contribution in [3.63, 3.8) is 0 Å². The van der Waals surface area contributed by atoms with E-state index in [0.717, 1.165) is 0 Å². The summed E-state index contributed by atoms with van der Waals surface area (Å²) in [5, 5.41) is 16.1. The van der Waals surface area contributed by atoms with E-state index in [1.807, 2.05) is 0 Å². The van der Waals surface area contributed by atoms with Gasteiger partial charge in [-0.2, -0.15) is 5.10 Å². The molecule has 7 nitrogen and oxygen atoms in total. The average Bonchev–Trinajstić information content (AvgIpc) is 2.86. The number of hydrogen-bond acceptors (Lipinski definition) is 5. The lowest BCUT2D eigenvalue weighted by atomic mass is 10.0. The molecule has 1 aromatic heterocycles. The van der Waals surface area contributed by atoms with Crippen LogP contribution in [0.25, 0.3) is 10.9 Å². The minimum atomic E-state index is -1.14. The van der Waals surface area contributed by atoms with Crippen molar-refractivity contribution in [3.05, 3.63) is 17.1 Å². The second kappa shape index (κ2) is 5.57. The standard InChI is InChI=1S/C13H16FN3O4/c1-5-8-7(4-6(15)13(18)19)16-17-10(8)12(21-3)11(20-2)9(5)14/h6H,4,15H2,1-3H3,(H,16,17)(H,18,19). The molecular weight excluding hydrogens is 281 g/mol. The Labute approximate surface area is 119 Å². The van der Waals surface area contributed by atoms with E-state index in [4.69, 9.17) is 20.3 Å². The molecule has 1 aromatic carbocycles. The first kappa shape index (κ1) is 15.0. The molecule has 0 aliphatic heterocycles. The Morgan fingerprint density at radius 1 is 1.43 bits per heavy atom. The van der Waals surface area contributed by atoms with Gasteiger partial charge >= 0.3 is 5.97 Å². The maximum absolute atomic E-state index is 14.3. The molecule has 0 fully saturated rings. The van der Waals surface area contributed by atoms with Crippen LogP contribution in [0.3, 0.4) is 0 Å². The molecule has 2 aromatic rings. The fraction of sp³-hybridized carbons (Fsp3) is 0.385. The number of aromatic amines is 1. The van der Waals surface area contributed by atoms with Crippen LogP contribution in [0, 0.1) is 12.7 Å². The lowest BCUT2D eigenvalue weighted by Crippen LogP contribution is -2.32.